The van der Waals surface area contributed by atoms with Gasteiger partial charge in [-0.15, -0.1) is 0 Å². The van der Waals surface area contributed by atoms with Gasteiger partial charge in [0.1, 0.15) is 0 Å². The van der Waals surface area contributed by atoms with Crippen LogP contribution in [0.25, 0.3) is 10.9 Å². The molecule has 0 radical (unpaired) electrons. The molecule has 1 unspecified atom stereocenters. The van der Waals surface area contributed by atoms with Gasteiger partial charge in [0.25, 0.3) is 0 Å². The predicted octanol–water partition coefficient (Wildman–Crippen LogP) is 2.52. The van der Waals surface area contributed by atoms with E-state index in [4.69, 9.17) is 0 Å². The number of urea groups is 1. The highest BCUT2D eigenvalue weighted by atomic mass is 16.2. The van der Waals surface area contributed by atoms with Crippen molar-refractivity contribution in [1.82, 2.24) is 15.5 Å². The molecular weight excluding hydrogens is 268 g/mol. The van der Waals surface area contributed by atoms with Crippen LogP contribution in [0.5, 0.6) is 0 Å². The van der Waals surface area contributed by atoms with Gasteiger partial charge in [-0.2, -0.15) is 5.10 Å². The van der Waals surface area contributed by atoms with Crippen molar-refractivity contribution in [2.24, 2.45) is 0 Å². The SMILES string of the molecule is CCC(C)c1ccc2c(N3CCC(=O)NC3=O)n[nH]c2c1. The number of fused-ring (bicyclic) bond motifs is 1. The van der Waals surface area contributed by atoms with Crippen molar-refractivity contribution >= 4 is 28.7 Å². The standard InChI is InChI=1S/C15H18N4O2/c1-3-9(2)10-4-5-11-12(8-10)17-18-14(11)19-7-6-13(20)16-15(19)21/h4-5,8-9H,3,6-7H2,1-2H3,(H,17,18)(H,16,20,21). The molecule has 0 saturated carbocycles. The third-order valence-corrected chi connectivity index (χ3v) is 4.06. The highest BCUT2D eigenvalue weighted by Crippen LogP contribution is 2.29. The van der Waals surface area contributed by atoms with Crippen LogP contribution in [0.1, 0.15) is 38.2 Å². The van der Waals surface area contributed by atoms with Gasteiger partial charge in [-0.05, 0) is 30.0 Å². The minimum Gasteiger partial charge on any atom is -0.278 e. The minimum absolute atomic E-state index is 0.241. The summed E-state index contributed by atoms with van der Waals surface area (Å²) in [7, 11) is 0. The minimum atomic E-state index is -0.411. The molecule has 2 N–H and O–H groups in total. The number of benzene rings is 1. The third kappa shape index (κ3) is 2.37. The van der Waals surface area contributed by atoms with Crippen molar-refractivity contribution in [3.8, 4) is 0 Å². The van der Waals surface area contributed by atoms with E-state index in [9.17, 15) is 9.59 Å². The molecule has 1 fully saturated rings. The Balaban J connectivity index is 1.97. The maximum absolute atomic E-state index is 11.9. The van der Waals surface area contributed by atoms with Gasteiger partial charge in [0.05, 0.1) is 5.52 Å². The number of aromatic nitrogens is 2. The van der Waals surface area contributed by atoms with Gasteiger partial charge >= 0.3 is 6.03 Å². The fourth-order valence-corrected chi connectivity index (χ4v) is 2.54. The molecule has 0 aliphatic carbocycles. The molecular formula is C15H18N4O2. The molecule has 1 saturated heterocycles. The number of hydrogen-bond acceptors (Lipinski definition) is 3. The number of carbonyl (C=O) groups excluding carboxylic acids is 2. The molecule has 2 aromatic rings. The molecule has 1 aromatic carbocycles. The van der Waals surface area contributed by atoms with E-state index in [1.807, 2.05) is 6.07 Å². The van der Waals surface area contributed by atoms with E-state index in [1.54, 1.807) is 0 Å². The summed E-state index contributed by atoms with van der Waals surface area (Å²) < 4.78 is 0. The topological polar surface area (TPSA) is 78.1 Å². The first-order valence-corrected chi connectivity index (χ1v) is 7.19. The van der Waals surface area contributed by atoms with Gasteiger partial charge < -0.3 is 0 Å². The zero-order valence-corrected chi connectivity index (χ0v) is 12.1. The Morgan fingerprint density at radius 3 is 2.90 bits per heavy atom. The summed E-state index contributed by atoms with van der Waals surface area (Å²) in [5, 5.41) is 10.4. The van der Waals surface area contributed by atoms with Crippen LogP contribution in [-0.4, -0.2) is 28.7 Å². The lowest BCUT2D eigenvalue weighted by molar-refractivity contribution is -0.120. The van der Waals surface area contributed by atoms with Crippen molar-refractivity contribution in [1.29, 1.82) is 0 Å². The van der Waals surface area contributed by atoms with Crippen LogP contribution < -0.4 is 10.2 Å². The van der Waals surface area contributed by atoms with Gasteiger partial charge in [-0.1, -0.05) is 19.9 Å². The van der Waals surface area contributed by atoms with E-state index in [-0.39, 0.29) is 5.91 Å². The van der Waals surface area contributed by atoms with Crippen molar-refractivity contribution < 1.29 is 9.59 Å². The highest BCUT2D eigenvalue weighted by molar-refractivity contribution is 6.08. The van der Waals surface area contributed by atoms with E-state index in [0.717, 1.165) is 17.3 Å². The summed E-state index contributed by atoms with van der Waals surface area (Å²) in [6.45, 7) is 4.70. The van der Waals surface area contributed by atoms with Crippen LogP contribution in [0.4, 0.5) is 10.6 Å². The largest absolute Gasteiger partial charge is 0.329 e. The first kappa shape index (κ1) is 13.6. The molecule has 21 heavy (non-hydrogen) atoms. The third-order valence-electron chi connectivity index (χ3n) is 4.06. The Kier molecular flexibility index (Phi) is 3.37. The lowest BCUT2D eigenvalue weighted by Crippen LogP contribution is -2.49. The lowest BCUT2D eigenvalue weighted by atomic mass is 9.98. The molecule has 3 rings (SSSR count). The molecule has 2 heterocycles. The number of H-pyrrole nitrogens is 1. The van der Waals surface area contributed by atoms with Gasteiger partial charge in [0.2, 0.25) is 5.91 Å². The number of nitrogens with one attached hydrogen (secondary N) is 2. The Morgan fingerprint density at radius 2 is 2.19 bits per heavy atom. The van der Waals surface area contributed by atoms with Gasteiger partial charge in [0.15, 0.2) is 5.82 Å². The Labute approximate surface area is 122 Å². The summed E-state index contributed by atoms with van der Waals surface area (Å²) in [4.78, 5) is 24.6. The van der Waals surface area contributed by atoms with E-state index in [2.05, 4.69) is 41.5 Å². The number of carbonyl (C=O) groups is 2. The van der Waals surface area contributed by atoms with Crippen molar-refractivity contribution in [3.05, 3.63) is 23.8 Å². The second-order valence-corrected chi connectivity index (χ2v) is 5.42. The van der Waals surface area contributed by atoms with E-state index < -0.39 is 6.03 Å². The molecule has 0 bridgehead atoms. The average Bonchev–Trinajstić information content (AvgIpc) is 2.89. The number of nitrogens with zero attached hydrogens (tertiary/aromatic N) is 2. The van der Waals surface area contributed by atoms with Crippen LogP contribution in [0.3, 0.4) is 0 Å². The zero-order valence-electron chi connectivity index (χ0n) is 12.1. The molecule has 1 atom stereocenters. The number of rotatable bonds is 3. The summed E-state index contributed by atoms with van der Waals surface area (Å²) in [6, 6.07) is 5.72. The Morgan fingerprint density at radius 1 is 1.38 bits per heavy atom. The van der Waals surface area contributed by atoms with Gasteiger partial charge in [0, 0.05) is 18.4 Å². The number of imide groups is 1. The maximum atomic E-state index is 11.9. The van der Waals surface area contributed by atoms with Crippen molar-refractivity contribution in [2.75, 3.05) is 11.4 Å². The van der Waals surface area contributed by atoms with E-state index in [1.165, 1.54) is 10.5 Å². The molecule has 6 nitrogen and oxygen atoms in total. The molecule has 6 heteroatoms. The Bertz CT molecular complexity index is 707. The second kappa shape index (κ2) is 5.20. The number of anilines is 1. The number of amides is 3. The van der Waals surface area contributed by atoms with Crippen molar-refractivity contribution in [3.63, 3.8) is 0 Å². The van der Waals surface area contributed by atoms with Gasteiger partial charge in [-0.3, -0.25) is 20.1 Å². The molecule has 1 aliphatic heterocycles. The highest BCUT2D eigenvalue weighted by Gasteiger charge is 2.27. The van der Waals surface area contributed by atoms with E-state index >= 15 is 0 Å². The van der Waals surface area contributed by atoms with Crippen LogP contribution in [0.15, 0.2) is 18.2 Å². The summed E-state index contributed by atoms with van der Waals surface area (Å²) >= 11 is 0. The first-order chi connectivity index (χ1) is 10.1. The van der Waals surface area contributed by atoms with Crippen LogP contribution in [0.2, 0.25) is 0 Å². The summed E-state index contributed by atoms with van der Waals surface area (Å²) in [5.41, 5.74) is 2.16. The monoisotopic (exact) mass is 286 g/mol. The van der Waals surface area contributed by atoms with Crippen molar-refractivity contribution in [2.45, 2.75) is 32.6 Å². The quantitative estimate of drug-likeness (QED) is 0.910. The smallest absolute Gasteiger partial charge is 0.278 e. The molecule has 0 spiro atoms. The lowest BCUT2D eigenvalue weighted by Gasteiger charge is -2.24. The second-order valence-electron chi connectivity index (χ2n) is 5.42. The maximum Gasteiger partial charge on any atom is 0.329 e. The number of hydrogen-bond donors (Lipinski definition) is 2. The van der Waals surface area contributed by atoms with Crippen LogP contribution in [-0.2, 0) is 4.79 Å². The number of aromatic amines is 1. The Hall–Kier alpha value is -2.37. The average molecular weight is 286 g/mol. The van der Waals surface area contributed by atoms with Crippen LogP contribution in [0, 0.1) is 0 Å². The fraction of sp³-hybridized carbons (Fsp3) is 0.400. The van der Waals surface area contributed by atoms with Crippen LogP contribution >= 0.6 is 0 Å². The fourth-order valence-electron chi connectivity index (χ4n) is 2.54. The predicted molar refractivity (Wildman–Crippen MR) is 80.3 cm³/mol. The van der Waals surface area contributed by atoms with E-state index in [0.29, 0.717) is 24.7 Å². The zero-order chi connectivity index (χ0) is 15.0. The summed E-state index contributed by atoms with van der Waals surface area (Å²) in [5.74, 6) is 0.818. The van der Waals surface area contributed by atoms with Gasteiger partial charge in [-0.25, -0.2) is 4.79 Å². The molecule has 1 aliphatic rings. The molecule has 1 aromatic heterocycles. The normalized spacial score (nSPS) is 17.1. The molecule has 3 amide bonds. The molecule has 110 valence electrons. The first-order valence-electron chi connectivity index (χ1n) is 7.19. The summed E-state index contributed by atoms with van der Waals surface area (Å²) in [6.07, 6.45) is 1.37.